The Morgan fingerprint density at radius 3 is 2.87 bits per heavy atom. The van der Waals surface area contributed by atoms with Crippen LogP contribution in [0, 0.1) is 23.7 Å². The molecule has 1 aliphatic carbocycles. The van der Waals surface area contributed by atoms with Crippen molar-refractivity contribution >= 4 is 5.91 Å². The molecule has 1 amide bonds. The molecule has 1 spiro atoms. The van der Waals surface area contributed by atoms with Gasteiger partial charge >= 0.3 is 0 Å². The Kier molecular flexibility index (Phi) is 4.36. The molecule has 0 aromatic carbocycles. The van der Waals surface area contributed by atoms with Crippen LogP contribution in [0.3, 0.4) is 0 Å². The van der Waals surface area contributed by atoms with Crippen molar-refractivity contribution in [2.24, 2.45) is 5.41 Å². The van der Waals surface area contributed by atoms with Crippen molar-refractivity contribution in [1.29, 1.82) is 5.26 Å². The van der Waals surface area contributed by atoms with Gasteiger partial charge in [0.25, 0.3) is 0 Å². The smallest absolute Gasteiger partial charge is 0.238 e. The largest absolute Gasteiger partial charge is 0.335 e. The molecule has 1 saturated heterocycles. The molecule has 1 aromatic heterocycles. The topological polar surface area (TPSA) is 69.0 Å². The summed E-state index contributed by atoms with van der Waals surface area (Å²) in [6.07, 6.45) is 9.32. The third-order valence-electron chi connectivity index (χ3n) is 5.36. The summed E-state index contributed by atoms with van der Waals surface area (Å²) in [5.41, 5.74) is 2.06. The zero-order valence-electron chi connectivity index (χ0n) is 13.9. The number of nitrogens with zero attached hydrogens (tertiary/aromatic N) is 3. The van der Waals surface area contributed by atoms with Crippen LogP contribution in [0.15, 0.2) is 18.5 Å². The van der Waals surface area contributed by atoms with Crippen LogP contribution >= 0.6 is 0 Å². The van der Waals surface area contributed by atoms with Crippen molar-refractivity contribution < 1.29 is 4.79 Å². The van der Waals surface area contributed by atoms with Crippen molar-refractivity contribution in [2.75, 3.05) is 13.6 Å². The number of hydrogen-bond acceptors (Lipinski definition) is 4. The number of amides is 1. The van der Waals surface area contributed by atoms with Gasteiger partial charge in [-0.3, -0.25) is 14.7 Å². The van der Waals surface area contributed by atoms with Gasteiger partial charge in [-0.15, -0.1) is 0 Å². The Morgan fingerprint density at radius 1 is 1.48 bits per heavy atom. The highest BCUT2D eigenvalue weighted by atomic mass is 16.2. The average Bonchev–Trinajstić information content (AvgIpc) is 3.11. The molecule has 2 heterocycles. The van der Waals surface area contributed by atoms with Crippen LogP contribution in [0.1, 0.15) is 49.3 Å². The second kappa shape index (κ2) is 6.29. The van der Waals surface area contributed by atoms with Crippen molar-refractivity contribution in [1.82, 2.24) is 15.2 Å². The van der Waals surface area contributed by atoms with Gasteiger partial charge in [-0.2, -0.15) is 5.26 Å². The lowest BCUT2D eigenvalue weighted by molar-refractivity contribution is -0.125. The fourth-order valence-corrected chi connectivity index (χ4v) is 4.21. The van der Waals surface area contributed by atoms with Crippen LogP contribution in [-0.4, -0.2) is 35.4 Å². The van der Waals surface area contributed by atoms with Gasteiger partial charge in [0.05, 0.1) is 12.1 Å². The van der Waals surface area contributed by atoms with Gasteiger partial charge in [0, 0.05) is 24.5 Å². The van der Waals surface area contributed by atoms with Gasteiger partial charge in [0.15, 0.2) is 0 Å². The van der Waals surface area contributed by atoms with E-state index in [1.165, 1.54) is 25.7 Å². The van der Waals surface area contributed by atoms with Crippen molar-refractivity contribution in [3.8, 4) is 6.07 Å². The van der Waals surface area contributed by atoms with E-state index in [2.05, 4.69) is 21.3 Å². The lowest BCUT2D eigenvalue weighted by atomic mass is 9.84. The van der Waals surface area contributed by atoms with E-state index in [4.69, 9.17) is 0 Å². The standard InChI is InChI=1S/C18H24N4O/c1-13-7-14(11-20-10-13)15(9-19)21-17(23)16-8-18(12-22(16)2)5-3-4-6-18/h7,10-11,15-16H,3-6,8,12H2,1-2H3,(H,21,23). The minimum Gasteiger partial charge on any atom is -0.335 e. The van der Waals surface area contributed by atoms with Gasteiger partial charge in [0.2, 0.25) is 5.91 Å². The molecule has 3 rings (SSSR count). The first-order valence-electron chi connectivity index (χ1n) is 8.35. The number of pyridine rings is 1. The third kappa shape index (κ3) is 3.23. The highest BCUT2D eigenvalue weighted by molar-refractivity contribution is 5.83. The molecule has 0 radical (unpaired) electrons. The zero-order valence-corrected chi connectivity index (χ0v) is 13.9. The van der Waals surface area contributed by atoms with Crippen molar-refractivity contribution in [3.05, 3.63) is 29.6 Å². The number of aryl methyl sites for hydroxylation is 1. The quantitative estimate of drug-likeness (QED) is 0.930. The summed E-state index contributed by atoms with van der Waals surface area (Å²) >= 11 is 0. The second-order valence-electron chi connectivity index (χ2n) is 7.21. The van der Waals surface area contributed by atoms with Crippen molar-refractivity contribution in [3.63, 3.8) is 0 Å². The van der Waals surface area contributed by atoms with Gasteiger partial charge < -0.3 is 5.32 Å². The lowest BCUT2D eigenvalue weighted by Gasteiger charge is -2.21. The minimum absolute atomic E-state index is 0.0377. The summed E-state index contributed by atoms with van der Waals surface area (Å²) in [5, 5.41) is 12.3. The number of carbonyl (C=O) groups is 1. The van der Waals surface area contributed by atoms with Crippen LogP contribution in [0.2, 0.25) is 0 Å². The molecular formula is C18H24N4O. The molecule has 1 N–H and O–H groups in total. The molecule has 2 unspecified atom stereocenters. The Bertz CT molecular complexity index is 630. The number of nitrogens with one attached hydrogen (secondary N) is 1. The zero-order chi connectivity index (χ0) is 16.4. The predicted octanol–water partition coefficient (Wildman–Crippen LogP) is 2.34. The predicted molar refractivity (Wildman–Crippen MR) is 87.4 cm³/mol. The van der Waals surface area contributed by atoms with E-state index in [1.807, 2.05) is 20.0 Å². The molecule has 0 bridgehead atoms. The Morgan fingerprint density at radius 2 is 2.22 bits per heavy atom. The maximum absolute atomic E-state index is 12.7. The van der Waals surface area contributed by atoms with Crippen molar-refractivity contribution in [2.45, 2.75) is 51.1 Å². The van der Waals surface area contributed by atoms with E-state index in [1.54, 1.807) is 12.4 Å². The highest BCUT2D eigenvalue weighted by Gasteiger charge is 2.46. The van der Waals surface area contributed by atoms with Gasteiger partial charge in [0.1, 0.15) is 6.04 Å². The van der Waals surface area contributed by atoms with Crippen LogP contribution in [0.4, 0.5) is 0 Å². The molecule has 1 aromatic rings. The van der Waals surface area contributed by atoms with E-state index >= 15 is 0 Å². The summed E-state index contributed by atoms with van der Waals surface area (Å²) in [6, 6.07) is 3.33. The summed E-state index contributed by atoms with van der Waals surface area (Å²) in [5.74, 6) is -0.0377. The number of likely N-dealkylation sites (N-methyl/N-ethyl adjacent to an activating group) is 1. The normalized spacial score (nSPS) is 24.5. The molecule has 23 heavy (non-hydrogen) atoms. The highest BCUT2D eigenvalue weighted by Crippen LogP contribution is 2.47. The van der Waals surface area contributed by atoms with Gasteiger partial charge in [-0.1, -0.05) is 12.8 Å². The van der Waals surface area contributed by atoms with E-state index in [0.29, 0.717) is 5.41 Å². The molecule has 2 fully saturated rings. The minimum atomic E-state index is -0.636. The first kappa shape index (κ1) is 15.9. The summed E-state index contributed by atoms with van der Waals surface area (Å²) in [7, 11) is 2.02. The SMILES string of the molecule is Cc1cncc(C(C#N)NC(=O)C2CC3(CCCC3)CN2C)c1. The second-order valence-corrected chi connectivity index (χ2v) is 7.21. The van der Waals surface area contributed by atoms with E-state index in [-0.39, 0.29) is 11.9 Å². The molecule has 5 heteroatoms. The van der Waals surface area contributed by atoms with E-state index in [0.717, 1.165) is 24.1 Å². The lowest BCUT2D eigenvalue weighted by Crippen LogP contribution is -2.42. The van der Waals surface area contributed by atoms with Gasteiger partial charge in [-0.25, -0.2) is 0 Å². The molecule has 1 aliphatic heterocycles. The maximum Gasteiger partial charge on any atom is 0.238 e. The molecular weight excluding hydrogens is 288 g/mol. The number of nitriles is 1. The average molecular weight is 312 g/mol. The van der Waals surface area contributed by atoms with Crippen LogP contribution in [0.5, 0.6) is 0 Å². The monoisotopic (exact) mass is 312 g/mol. The summed E-state index contributed by atoms with van der Waals surface area (Å²) in [4.78, 5) is 19.0. The van der Waals surface area contributed by atoms with Crippen LogP contribution in [0.25, 0.3) is 0 Å². The summed E-state index contributed by atoms with van der Waals surface area (Å²) in [6.45, 7) is 2.93. The number of hydrogen-bond donors (Lipinski definition) is 1. The number of aromatic nitrogens is 1. The number of rotatable bonds is 3. The third-order valence-corrected chi connectivity index (χ3v) is 5.36. The maximum atomic E-state index is 12.7. The molecule has 5 nitrogen and oxygen atoms in total. The molecule has 2 atom stereocenters. The van der Waals surface area contributed by atoms with Crippen LogP contribution < -0.4 is 5.32 Å². The van der Waals surface area contributed by atoms with E-state index < -0.39 is 6.04 Å². The Hall–Kier alpha value is -1.93. The number of carbonyl (C=O) groups excluding carboxylic acids is 1. The summed E-state index contributed by atoms with van der Waals surface area (Å²) < 4.78 is 0. The van der Waals surface area contributed by atoms with E-state index in [9.17, 15) is 10.1 Å². The molecule has 1 saturated carbocycles. The first-order chi connectivity index (χ1) is 11.0. The van der Waals surface area contributed by atoms with Crippen LogP contribution in [-0.2, 0) is 4.79 Å². The van der Waals surface area contributed by atoms with Gasteiger partial charge in [-0.05, 0) is 50.3 Å². The molecule has 122 valence electrons. The molecule has 2 aliphatic rings. The first-order valence-corrected chi connectivity index (χ1v) is 8.35. The fraction of sp³-hybridized carbons (Fsp3) is 0.611. The Labute approximate surface area is 137 Å². The number of likely N-dealkylation sites (tertiary alicyclic amines) is 1. The Balaban J connectivity index is 1.69. The fourth-order valence-electron chi connectivity index (χ4n) is 4.21.